The molecule has 0 saturated heterocycles. The Balaban J connectivity index is 2.10. The fourth-order valence-corrected chi connectivity index (χ4v) is 2.37. The summed E-state index contributed by atoms with van der Waals surface area (Å²) >= 11 is 1.63. The van der Waals surface area contributed by atoms with E-state index < -0.39 is 0 Å². The van der Waals surface area contributed by atoms with Gasteiger partial charge < -0.3 is 10.1 Å². The van der Waals surface area contributed by atoms with Crippen LogP contribution in [-0.4, -0.2) is 23.0 Å². The molecule has 0 atom stereocenters. The van der Waals surface area contributed by atoms with Crippen LogP contribution in [0.25, 0.3) is 4.96 Å². The molecule has 2 aromatic rings. The van der Waals surface area contributed by atoms with Gasteiger partial charge in [-0.1, -0.05) is 13.3 Å². The minimum Gasteiger partial charge on any atom is -0.480 e. The van der Waals surface area contributed by atoms with Gasteiger partial charge in [-0.25, -0.2) is 0 Å². The SMILES string of the molecule is CCCCNCc1c(OC)nc2sccn12. The zero-order valence-corrected chi connectivity index (χ0v) is 10.5. The van der Waals surface area contributed by atoms with Crippen LogP contribution in [-0.2, 0) is 6.54 Å². The summed E-state index contributed by atoms with van der Waals surface area (Å²) in [5, 5.41) is 5.45. The van der Waals surface area contributed by atoms with Crippen molar-refractivity contribution in [3.05, 3.63) is 17.3 Å². The van der Waals surface area contributed by atoms with E-state index >= 15 is 0 Å². The molecule has 0 aliphatic rings. The smallest absolute Gasteiger partial charge is 0.237 e. The molecule has 0 spiro atoms. The fraction of sp³-hybridized carbons (Fsp3) is 0.545. The Hall–Kier alpha value is -1.07. The molecule has 2 heterocycles. The molecule has 4 nitrogen and oxygen atoms in total. The van der Waals surface area contributed by atoms with Crippen LogP contribution < -0.4 is 10.1 Å². The number of aromatic nitrogens is 2. The van der Waals surface area contributed by atoms with Gasteiger partial charge in [-0.05, 0) is 13.0 Å². The van der Waals surface area contributed by atoms with E-state index in [1.54, 1.807) is 18.4 Å². The van der Waals surface area contributed by atoms with Gasteiger partial charge in [-0.3, -0.25) is 4.40 Å². The zero-order valence-electron chi connectivity index (χ0n) is 9.69. The zero-order chi connectivity index (χ0) is 11.4. The number of imidazole rings is 1. The van der Waals surface area contributed by atoms with Crippen LogP contribution >= 0.6 is 11.3 Å². The highest BCUT2D eigenvalue weighted by molar-refractivity contribution is 7.15. The molecule has 2 rings (SSSR count). The predicted molar refractivity (Wildman–Crippen MR) is 66.2 cm³/mol. The third-order valence-corrected chi connectivity index (χ3v) is 3.27. The first-order valence-electron chi connectivity index (χ1n) is 5.56. The molecule has 0 aliphatic carbocycles. The lowest BCUT2D eigenvalue weighted by Gasteiger charge is -2.04. The number of nitrogens with one attached hydrogen (secondary N) is 1. The van der Waals surface area contributed by atoms with Crippen molar-refractivity contribution in [3.8, 4) is 5.88 Å². The maximum atomic E-state index is 5.28. The fourth-order valence-electron chi connectivity index (χ4n) is 1.65. The Morgan fingerprint density at radius 2 is 2.44 bits per heavy atom. The van der Waals surface area contributed by atoms with Crippen molar-refractivity contribution in [1.29, 1.82) is 0 Å². The molecule has 2 aromatic heterocycles. The summed E-state index contributed by atoms with van der Waals surface area (Å²) in [6.45, 7) is 4.04. The van der Waals surface area contributed by atoms with Crippen LogP contribution in [0, 0.1) is 0 Å². The number of methoxy groups -OCH3 is 1. The van der Waals surface area contributed by atoms with Crippen molar-refractivity contribution < 1.29 is 4.74 Å². The monoisotopic (exact) mass is 239 g/mol. The summed E-state index contributed by atoms with van der Waals surface area (Å²) in [6, 6.07) is 0. The highest BCUT2D eigenvalue weighted by atomic mass is 32.1. The predicted octanol–water partition coefficient (Wildman–Crippen LogP) is 2.29. The number of hydrogen-bond acceptors (Lipinski definition) is 4. The molecule has 0 fully saturated rings. The molecular formula is C11H17N3OS. The first kappa shape index (κ1) is 11.4. The van der Waals surface area contributed by atoms with Gasteiger partial charge >= 0.3 is 0 Å². The van der Waals surface area contributed by atoms with Gasteiger partial charge in [0.05, 0.1) is 7.11 Å². The van der Waals surface area contributed by atoms with Crippen LogP contribution in [0.4, 0.5) is 0 Å². The molecular weight excluding hydrogens is 222 g/mol. The van der Waals surface area contributed by atoms with Crippen LogP contribution in [0.15, 0.2) is 11.6 Å². The largest absolute Gasteiger partial charge is 0.480 e. The molecule has 5 heteroatoms. The Kier molecular flexibility index (Phi) is 3.79. The summed E-state index contributed by atoms with van der Waals surface area (Å²) in [5.41, 5.74) is 1.11. The second-order valence-electron chi connectivity index (χ2n) is 3.65. The third kappa shape index (κ3) is 2.20. The maximum Gasteiger partial charge on any atom is 0.237 e. The van der Waals surface area contributed by atoms with Crippen molar-refractivity contribution in [1.82, 2.24) is 14.7 Å². The van der Waals surface area contributed by atoms with E-state index in [-0.39, 0.29) is 0 Å². The van der Waals surface area contributed by atoms with E-state index in [0.717, 1.165) is 29.6 Å². The second kappa shape index (κ2) is 5.32. The molecule has 0 unspecified atom stereocenters. The number of rotatable bonds is 6. The first-order valence-corrected chi connectivity index (χ1v) is 6.44. The summed E-state index contributed by atoms with van der Waals surface area (Å²) in [7, 11) is 1.67. The number of thiazole rings is 1. The second-order valence-corrected chi connectivity index (χ2v) is 4.53. The van der Waals surface area contributed by atoms with E-state index in [1.165, 1.54) is 12.8 Å². The van der Waals surface area contributed by atoms with E-state index in [0.29, 0.717) is 0 Å². The van der Waals surface area contributed by atoms with Crippen LogP contribution in [0.1, 0.15) is 25.5 Å². The molecule has 0 aliphatic heterocycles. The molecule has 0 amide bonds. The number of nitrogens with zero attached hydrogens (tertiary/aromatic N) is 2. The molecule has 1 N–H and O–H groups in total. The molecule has 0 radical (unpaired) electrons. The van der Waals surface area contributed by atoms with Crippen LogP contribution in [0.3, 0.4) is 0 Å². The van der Waals surface area contributed by atoms with Crippen LogP contribution in [0.2, 0.25) is 0 Å². The Bertz CT molecular complexity index is 449. The van der Waals surface area contributed by atoms with Gasteiger partial charge in [0.1, 0.15) is 5.69 Å². The number of ether oxygens (including phenoxy) is 1. The first-order chi connectivity index (χ1) is 7.86. The van der Waals surface area contributed by atoms with E-state index in [1.807, 2.05) is 11.6 Å². The van der Waals surface area contributed by atoms with E-state index in [2.05, 4.69) is 21.6 Å². The van der Waals surface area contributed by atoms with Gasteiger partial charge in [0.25, 0.3) is 0 Å². The standard InChI is InChI=1S/C11H17N3OS/c1-3-4-5-12-8-9-10(15-2)13-11-14(9)6-7-16-11/h6-7,12H,3-5,8H2,1-2H3. The summed E-state index contributed by atoms with van der Waals surface area (Å²) in [4.78, 5) is 5.40. The number of unbranched alkanes of at least 4 members (excludes halogenated alkanes) is 1. The van der Waals surface area contributed by atoms with Gasteiger partial charge in [0.2, 0.25) is 5.88 Å². The Labute approximate surface area is 99.3 Å². The number of fused-ring (bicyclic) bond motifs is 1. The minimum absolute atomic E-state index is 0.732. The average molecular weight is 239 g/mol. The average Bonchev–Trinajstić information content (AvgIpc) is 2.85. The van der Waals surface area contributed by atoms with Gasteiger partial charge in [-0.2, -0.15) is 4.98 Å². The highest BCUT2D eigenvalue weighted by Gasteiger charge is 2.12. The lowest BCUT2D eigenvalue weighted by Crippen LogP contribution is -2.16. The lowest BCUT2D eigenvalue weighted by molar-refractivity contribution is 0.393. The van der Waals surface area contributed by atoms with Crippen molar-refractivity contribution in [3.63, 3.8) is 0 Å². The van der Waals surface area contributed by atoms with Crippen molar-refractivity contribution >= 4 is 16.3 Å². The van der Waals surface area contributed by atoms with Gasteiger partial charge in [0.15, 0.2) is 4.96 Å². The lowest BCUT2D eigenvalue weighted by atomic mass is 10.3. The Morgan fingerprint density at radius 1 is 1.56 bits per heavy atom. The van der Waals surface area contributed by atoms with Crippen molar-refractivity contribution in [2.45, 2.75) is 26.3 Å². The van der Waals surface area contributed by atoms with Gasteiger partial charge in [-0.15, -0.1) is 11.3 Å². The number of hydrogen-bond donors (Lipinski definition) is 1. The quantitative estimate of drug-likeness (QED) is 0.786. The summed E-state index contributed by atoms with van der Waals surface area (Å²) < 4.78 is 7.37. The third-order valence-electron chi connectivity index (χ3n) is 2.52. The molecule has 0 bridgehead atoms. The van der Waals surface area contributed by atoms with E-state index in [4.69, 9.17) is 4.74 Å². The van der Waals surface area contributed by atoms with Crippen molar-refractivity contribution in [2.24, 2.45) is 0 Å². The maximum absolute atomic E-state index is 5.28. The summed E-state index contributed by atoms with van der Waals surface area (Å²) in [6.07, 6.45) is 4.45. The molecule has 0 aromatic carbocycles. The van der Waals surface area contributed by atoms with Crippen molar-refractivity contribution in [2.75, 3.05) is 13.7 Å². The minimum atomic E-state index is 0.732. The van der Waals surface area contributed by atoms with Gasteiger partial charge in [0, 0.05) is 18.1 Å². The molecule has 16 heavy (non-hydrogen) atoms. The topological polar surface area (TPSA) is 38.6 Å². The van der Waals surface area contributed by atoms with Crippen LogP contribution in [0.5, 0.6) is 5.88 Å². The summed E-state index contributed by atoms with van der Waals surface area (Å²) in [5.74, 6) is 0.732. The molecule has 0 saturated carbocycles. The Morgan fingerprint density at radius 3 is 3.19 bits per heavy atom. The molecule has 88 valence electrons. The van der Waals surface area contributed by atoms with E-state index in [9.17, 15) is 0 Å². The highest BCUT2D eigenvalue weighted by Crippen LogP contribution is 2.22. The normalized spacial score (nSPS) is 11.1.